The summed E-state index contributed by atoms with van der Waals surface area (Å²) in [5.41, 5.74) is 4.26. The molecule has 0 unspecified atom stereocenters. The maximum Gasteiger partial charge on any atom is 0.228 e. The highest BCUT2D eigenvalue weighted by Crippen LogP contribution is 2.16. The summed E-state index contributed by atoms with van der Waals surface area (Å²) in [4.78, 5) is 12.0. The molecule has 3 nitrogen and oxygen atoms in total. The molecule has 0 saturated heterocycles. The zero-order valence-corrected chi connectivity index (χ0v) is 12.8. The van der Waals surface area contributed by atoms with Gasteiger partial charge in [-0.15, -0.1) is 0 Å². The summed E-state index contributed by atoms with van der Waals surface area (Å²) < 4.78 is 5.37. The molecule has 2 aromatic carbocycles. The van der Waals surface area contributed by atoms with Crippen LogP contribution in [0, 0.1) is 13.8 Å². The third kappa shape index (κ3) is 4.35. The molecule has 0 heterocycles. The number of carbonyl (C=O) groups is 1. The maximum absolute atomic E-state index is 12.0. The van der Waals surface area contributed by atoms with E-state index in [2.05, 4.69) is 31.3 Å². The summed E-state index contributed by atoms with van der Waals surface area (Å²) in [5, 5.41) is 2.90. The number of anilines is 1. The van der Waals surface area contributed by atoms with Crippen LogP contribution in [0.5, 0.6) is 5.75 Å². The minimum Gasteiger partial charge on any atom is -0.494 e. The Labute approximate surface area is 126 Å². The molecule has 0 atom stereocenters. The Morgan fingerprint density at radius 2 is 1.76 bits per heavy atom. The molecule has 0 fully saturated rings. The third-order valence-corrected chi connectivity index (χ3v) is 3.39. The number of rotatable bonds is 5. The Hall–Kier alpha value is -2.29. The second-order valence-electron chi connectivity index (χ2n) is 5.10. The van der Waals surface area contributed by atoms with E-state index in [9.17, 15) is 4.79 Å². The Balaban J connectivity index is 1.96. The lowest BCUT2D eigenvalue weighted by molar-refractivity contribution is -0.115. The lowest BCUT2D eigenvalue weighted by atomic mass is 10.0. The second-order valence-corrected chi connectivity index (χ2v) is 5.10. The van der Waals surface area contributed by atoms with Gasteiger partial charge in [0.1, 0.15) is 5.75 Å². The van der Waals surface area contributed by atoms with Crippen LogP contribution in [0.25, 0.3) is 0 Å². The number of nitrogens with one attached hydrogen (secondary N) is 1. The van der Waals surface area contributed by atoms with E-state index >= 15 is 0 Å². The zero-order chi connectivity index (χ0) is 15.2. The SMILES string of the molecule is CCOc1ccc(NC(=O)Cc2ccc(C)c(C)c2)cc1. The van der Waals surface area contributed by atoms with Crippen molar-refractivity contribution < 1.29 is 9.53 Å². The molecule has 0 aromatic heterocycles. The molecule has 0 aliphatic carbocycles. The molecule has 21 heavy (non-hydrogen) atoms. The van der Waals surface area contributed by atoms with Crippen LogP contribution in [0.2, 0.25) is 0 Å². The predicted molar refractivity (Wildman–Crippen MR) is 85.9 cm³/mol. The monoisotopic (exact) mass is 283 g/mol. The van der Waals surface area contributed by atoms with E-state index in [1.165, 1.54) is 11.1 Å². The molecule has 3 heteroatoms. The molecule has 0 aliphatic heterocycles. The average Bonchev–Trinajstić information content (AvgIpc) is 2.45. The number of hydrogen-bond acceptors (Lipinski definition) is 2. The van der Waals surface area contributed by atoms with E-state index in [1.807, 2.05) is 37.3 Å². The highest BCUT2D eigenvalue weighted by atomic mass is 16.5. The quantitative estimate of drug-likeness (QED) is 0.904. The summed E-state index contributed by atoms with van der Waals surface area (Å²) in [5.74, 6) is 0.798. The minimum absolute atomic E-state index is 0.0117. The minimum atomic E-state index is -0.0117. The van der Waals surface area contributed by atoms with Gasteiger partial charge in [-0.05, 0) is 61.7 Å². The first-order valence-electron chi connectivity index (χ1n) is 7.17. The molecule has 1 N–H and O–H groups in total. The summed E-state index contributed by atoms with van der Waals surface area (Å²) in [6, 6.07) is 13.5. The Morgan fingerprint density at radius 1 is 1.05 bits per heavy atom. The van der Waals surface area contributed by atoms with Crippen LogP contribution < -0.4 is 10.1 Å². The molecule has 1 amide bonds. The number of amides is 1. The van der Waals surface area contributed by atoms with Crippen molar-refractivity contribution in [1.29, 1.82) is 0 Å². The van der Waals surface area contributed by atoms with Gasteiger partial charge in [0, 0.05) is 5.69 Å². The van der Waals surface area contributed by atoms with Crippen LogP contribution in [0.1, 0.15) is 23.6 Å². The van der Waals surface area contributed by atoms with E-state index in [4.69, 9.17) is 4.74 Å². The van der Waals surface area contributed by atoms with Gasteiger partial charge in [-0.1, -0.05) is 18.2 Å². The fourth-order valence-corrected chi connectivity index (χ4v) is 2.11. The van der Waals surface area contributed by atoms with Crippen molar-refractivity contribution in [2.75, 3.05) is 11.9 Å². The zero-order valence-electron chi connectivity index (χ0n) is 12.8. The number of aryl methyl sites for hydroxylation is 2. The molecule has 0 aliphatic rings. The van der Waals surface area contributed by atoms with E-state index in [1.54, 1.807) is 0 Å². The summed E-state index contributed by atoms with van der Waals surface area (Å²) >= 11 is 0. The fourth-order valence-electron chi connectivity index (χ4n) is 2.11. The Morgan fingerprint density at radius 3 is 2.38 bits per heavy atom. The lowest BCUT2D eigenvalue weighted by Crippen LogP contribution is -2.14. The van der Waals surface area contributed by atoms with Gasteiger partial charge in [0.05, 0.1) is 13.0 Å². The number of carbonyl (C=O) groups excluding carboxylic acids is 1. The van der Waals surface area contributed by atoms with Crippen LogP contribution in [-0.2, 0) is 11.2 Å². The molecule has 0 saturated carbocycles. The third-order valence-electron chi connectivity index (χ3n) is 3.39. The van der Waals surface area contributed by atoms with Gasteiger partial charge in [0.15, 0.2) is 0 Å². The van der Waals surface area contributed by atoms with Gasteiger partial charge < -0.3 is 10.1 Å². The van der Waals surface area contributed by atoms with Gasteiger partial charge in [-0.2, -0.15) is 0 Å². The lowest BCUT2D eigenvalue weighted by Gasteiger charge is -2.08. The average molecular weight is 283 g/mol. The van der Waals surface area contributed by atoms with Crippen molar-refractivity contribution in [3.63, 3.8) is 0 Å². The van der Waals surface area contributed by atoms with E-state index in [-0.39, 0.29) is 5.91 Å². The Kier molecular flexibility index (Phi) is 4.99. The molecule has 0 radical (unpaired) electrons. The highest BCUT2D eigenvalue weighted by Gasteiger charge is 2.05. The van der Waals surface area contributed by atoms with Crippen molar-refractivity contribution in [3.05, 3.63) is 59.2 Å². The molecular weight excluding hydrogens is 262 g/mol. The van der Waals surface area contributed by atoms with Crippen molar-refractivity contribution in [1.82, 2.24) is 0 Å². The molecule has 0 bridgehead atoms. The molecule has 2 aromatic rings. The van der Waals surface area contributed by atoms with E-state index in [0.717, 1.165) is 17.0 Å². The van der Waals surface area contributed by atoms with Gasteiger partial charge in [-0.3, -0.25) is 4.79 Å². The largest absolute Gasteiger partial charge is 0.494 e. The number of ether oxygens (including phenoxy) is 1. The second kappa shape index (κ2) is 6.93. The van der Waals surface area contributed by atoms with E-state index in [0.29, 0.717) is 13.0 Å². The van der Waals surface area contributed by atoms with E-state index < -0.39 is 0 Å². The molecular formula is C18H21NO2. The van der Waals surface area contributed by atoms with Crippen LogP contribution in [0.4, 0.5) is 5.69 Å². The fraction of sp³-hybridized carbons (Fsp3) is 0.278. The summed E-state index contributed by atoms with van der Waals surface area (Å²) in [6.45, 7) is 6.71. The molecule has 2 rings (SSSR count). The van der Waals surface area contributed by atoms with Gasteiger partial charge in [-0.25, -0.2) is 0 Å². The smallest absolute Gasteiger partial charge is 0.228 e. The predicted octanol–water partition coefficient (Wildman–Crippen LogP) is 3.88. The maximum atomic E-state index is 12.0. The topological polar surface area (TPSA) is 38.3 Å². The van der Waals surface area contributed by atoms with Crippen molar-refractivity contribution >= 4 is 11.6 Å². The normalized spacial score (nSPS) is 10.2. The Bertz CT molecular complexity index is 618. The highest BCUT2D eigenvalue weighted by molar-refractivity contribution is 5.92. The van der Waals surface area contributed by atoms with Gasteiger partial charge >= 0.3 is 0 Å². The van der Waals surface area contributed by atoms with Crippen LogP contribution in [0.15, 0.2) is 42.5 Å². The first-order chi connectivity index (χ1) is 10.1. The summed E-state index contributed by atoms with van der Waals surface area (Å²) in [7, 11) is 0. The van der Waals surface area contributed by atoms with Gasteiger partial charge in [0.2, 0.25) is 5.91 Å². The first kappa shape index (κ1) is 15.1. The van der Waals surface area contributed by atoms with Gasteiger partial charge in [0.25, 0.3) is 0 Å². The van der Waals surface area contributed by atoms with Crippen LogP contribution in [0.3, 0.4) is 0 Å². The molecule has 0 spiro atoms. The molecule has 110 valence electrons. The van der Waals surface area contributed by atoms with Crippen LogP contribution in [-0.4, -0.2) is 12.5 Å². The van der Waals surface area contributed by atoms with Crippen LogP contribution >= 0.6 is 0 Å². The number of hydrogen-bond donors (Lipinski definition) is 1. The standard InChI is InChI=1S/C18H21NO2/c1-4-21-17-9-7-16(8-10-17)19-18(20)12-15-6-5-13(2)14(3)11-15/h5-11H,4,12H2,1-3H3,(H,19,20). The number of benzene rings is 2. The summed E-state index contributed by atoms with van der Waals surface area (Å²) in [6.07, 6.45) is 0.383. The first-order valence-corrected chi connectivity index (χ1v) is 7.17. The van der Waals surface area contributed by atoms with Crippen molar-refractivity contribution in [2.45, 2.75) is 27.2 Å². The van der Waals surface area contributed by atoms with Crippen molar-refractivity contribution in [2.24, 2.45) is 0 Å². The van der Waals surface area contributed by atoms with Crippen molar-refractivity contribution in [3.8, 4) is 5.75 Å².